The molecule has 0 amide bonds. The average Bonchev–Trinajstić information content (AvgIpc) is 3.21. The van der Waals surface area contributed by atoms with Gasteiger partial charge in [-0.1, -0.05) is 78.9 Å². The van der Waals surface area contributed by atoms with Crippen LogP contribution >= 0.6 is 7.92 Å². The Kier molecular flexibility index (Phi) is 5.30. The lowest BCUT2D eigenvalue weighted by Gasteiger charge is -2.22. The fourth-order valence-electron chi connectivity index (χ4n) is 3.31. The summed E-state index contributed by atoms with van der Waals surface area (Å²) in [7, 11) is -0.749. The second-order valence-corrected chi connectivity index (χ2v) is 9.62. The van der Waals surface area contributed by atoms with E-state index < -0.39 is 13.5 Å². The molecule has 3 aromatic rings. The SMILES string of the molecule is CC(C)(O)[C@@H]1COC(c2ccccc2P(c2ccccc2)c2ccccc2)=N1. The predicted molar refractivity (Wildman–Crippen MR) is 118 cm³/mol. The van der Waals surface area contributed by atoms with Gasteiger partial charge in [-0.2, -0.15) is 0 Å². The van der Waals surface area contributed by atoms with Crippen LogP contribution in [0.15, 0.2) is 89.9 Å². The van der Waals surface area contributed by atoms with Crippen molar-refractivity contribution in [1.29, 1.82) is 0 Å². The molecule has 1 aliphatic heterocycles. The zero-order valence-electron chi connectivity index (χ0n) is 16.1. The summed E-state index contributed by atoms with van der Waals surface area (Å²) in [4.78, 5) is 4.71. The van der Waals surface area contributed by atoms with Gasteiger partial charge in [0, 0.05) is 5.56 Å². The molecule has 1 atom stereocenters. The predicted octanol–water partition coefficient (Wildman–Crippen LogP) is 3.36. The van der Waals surface area contributed by atoms with E-state index in [4.69, 9.17) is 9.73 Å². The Morgan fingerprint density at radius 2 is 1.39 bits per heavy atom. The summed E-state index contributed by atoms with van der Waals surface area (Å²) < 4.78 is 5.94. The Hall–Kier alpha value is -2.48. The summed E-state index contributed by atoms with van der Waals surface area (Å²) in [6.07, 6.45) is 0. The fraction of sp³-hybridized carbons (Fsp3) is 0.208. The summed E-state index contributed by atoms with van der Waals surface area (Å²) in [6.45, 7) is 3.96. The molecular weight excluding hydrogens is 365 g/mol. The van der Waals surface area contributed by atoms with E-state index in [0.717, 1.165) is 5.56 Å². The molecule has 0 saturated heterocycles. The van der Waals surface area contributed by atoms with Crippen molar-refractivity contribution in [2.45, 2.75) is 25.5 Å². The Bertz CT molecular complexity index is 925. The maximum absolute atomic E-state index is 10.3. The number of benzene rings is 3. The van der Waals surface area contributed by atoms with Crippen LogP contribution in [0.2, 0.25) is 0 Å². The number of aliphatic hydroxyl groups is 1. The van der Waals surface area contributed by atoms with E-state index in [-0.39, 0.29) is 6.04 Å². The molecule has 0 spiro atoms. The lowest BCUT2D eigenvalue weighted by Crippen LogP contribution is -2.35. The van der Waals surface area contributed by atoms with Gasteiger partial charge in [-0.25, -0.2) is 4.99 Å². The number of hydrogen-bond acceptors (Lipinski definition) is 3. The van der Waals surface area contributed by atoms with Gasteiger partial charge >= 0.3 is 0 Å². The van der Waals surface area contributed by atoms with Crippen LogP contribution < -0.4 is 15.9 Å². The minimum atomic E-state index is -0.902. The lowest BCUT2D eigenvalue weighted by atomic mass is 10.0. The Balaban J connectivity index is 1.83. The molecule has 3 aromatic carbocycles. The number of hydrogen-bond donors (Lipinski definition) is 1. The molecule has 28 heavy (non-hydrogen) atoms. The molecule has 4 rings (SSSR count). The van der Waals surface area contributed by atoms with Gasteiger partial charge in [0.25, 0.3) is 0 Å². The smallest absolute Gasteiger partial charge is 0.217 e. The van der Waals surface area contributed by atoms with Crippen molar-refractivity contribution in [2.75, 3.05) is 6.61 Å². The van der Waals surface area contributed by atoms with E-state index in [0.29, 0.717) is 12.5 Å². The lowest BCUT2D eigenvalue weighted by molar-refractivity contribution is 0.0436. The number of rotatable bonds is 5. The van der Waals surface area contributed by atoms with Crippen molar-refractivity contribution in [1.82, 2.24) is 0 Å². The van der Waals surface area contributed by atoms with Crippen molar-refractivity contribution in [3.8, 4) is 0 Å². The second-order valence-electron chi connectivity index (χ2n) is 7.44. The van der Waals surface area contributed by atoms with Crippen molar-refractivity contribution in [2.24, 2.45) is 4.99 Å². The van der Waals surface area contributed by atoms with Gasteiger partial charge in [0.15, 0.2) is 0 Å². The van der Waals surface area contributed by atoms with E-state index in [2.05, 4.69) is 66.7 Å². The molecule has 0 bridgehead atoms. The topological polar surface area (TPSA) is 41.8 Å². The maximum Gasteiger partial charge on any atom is 0.217 e. The minimum absolute atomic E-state index is 0.254. The summed E-state index contributed by atoms with van der Waals surface area (Å²) in [5.41, 5.74) is 0.105. The van der Waals surface area contributed by atoms with Crippen LogP contribution in [0.5, 0.6) is 0 Å². The maximum atomic E-state index is 10.3. The average molecular weight is 389 g/mol. The molecule has 0 aliphatic carbocycles. The van der Waals surface area contributed by atoms with Crippen LogP contribution in [0.3, 0.4) is 0 Å². The highest BCUT2D eigenvalue weighted by molar-refractivity contribution is 7.80. The van der Waals surface area contributed by atoms with Gasteiger partial charge < -0.3 is 9.84 Å². The highest BCUT2D eigenvalue weighted by atomic mass is 31.1. The first-order chi connectivity index (χ1) is 13.5. The Morgan fingerprint density at radius 1 is 0.857 bits per heavy atom. The molecule has 0 saturated carbocycles. The number of aliphatic imine (C=N–C) groups is 1. The highest BCUT2D eigenvalue weighted by Gasteiger charge is 2.34. The largest absolute Gasteiger partial charge is 0.475 e. The molecule has 0 fully saturated rings. The van der Waals surface area contributed by atoms with Crippen LogP contribution in [-0.4, -0.2) is 29.3 Å². The van der Waals surface area contributed by atoms with Gasteiger partial charge in [0.1, 0.15) is 12.6 Å². The highest BCUT2D eigenvalue weighted by Crippen LogP contribution is 2.35. The molecule has 4 heteroatoms. The normalized spacial score (nSPS) is 16.7. The molecule has 0 unspecified atom stereocenters. The Labute approximate surface area is 167 Å². The van der Waals surface area contributed by atoms with E-state index in [1.54, 1.807) is 13.8 Å². The van der Waals surface area contributed by atoms with E-state index >= 15 is 0 Å². The third-order valence-corrected chi connectivity index (χ3v) is 7.37. The number of nitrogens with zero attached hydrogens (tertiary/aromatic N) is 1. The van der Waals surface area contributed by atoms with E-state index in [1.165, 1.54) is 15.9 Å². The van der Waals surface area contributed by atoms with Gasteiger partial charge in [-0.05, 0) is 43.7 Å². The first kappa shape index (κ1) is 18.9. The molecule has 0 aromatic heterocycles. The molecule has 0 radical (unpaired) electrons. The van der Waals surface area contributed by atoms with Crippen LogP contribution in [0.25, 0.3) is 0 Å². The van der Waals surface area contributed by atoms with Crippen LogP contribution in [-0.2, 0) is 4.74 Å². The summed E-state index contributed by atoms with van der Waals surface area (Å²) in [6, 6.07) is 29.3. The summed E-state index contributed by atoms with van der Waals surface area (Å²) in [5, 5.41) is 14.1. The van der Waals surface area contributed by atoms with Gasteiger partial charge in [0.05, 0.1) is 5.60 Å². The fourth-order valence-corrected chi connectivity index (χ4v) is 5.76. The molecule has 1 aliphatic rings. The monoisotopic (exact) mass is 389 g/mol. The van der Waals surface area contributed by atoms with Crippen molar-refractivity contribution >= 4 is 29.7 Å². The van der Waals surface area contributed by atoms with Crippen molar-refractivity contribution in [3.05, 3.63) is 90.5 Å². The summed E-state index contributed by atoms with van der Waals surface area (Å²) >= 11 is 0. The molecule has 3 nitrogen and oxygen atoms in total. The standard InChI is InChI=1S/C24H24NO2P/c1-24(2,26)22-17-27-23(25-22)20-15-9-10-16-21(20)28(18-11-5-3-6-12-18)19-13-7-4-8-14-19/h3-16,22,26H,17H2,1-2H3/t22-/m0/s1. The van der Waals surface area contributed by atoms with E-state index in [9.17, 15) is 5.11 Å². The van der Waals surface area contributed by atoms with Crippen molar-refractivity contribution < 1.29 is 9.84 Å². The van der Waals surface area contributed by atoms with Gasteiger partial charge in [0.2, 0.25) is 5.90 Å². The van der Waals surface area contributed by atoms with Gasteiger partial charge in [-0.3, -0.25) is 0 Å². The van der Waals surface area contributed by atoms with Crippen LogP contribution in [0.1, 0.15) is 19.4 Å². The first-order valence-electron chi connectivity index (χ1n) is 9.46. The van der Waals surface area contributed by atoms with E-state index in [1.807, 2.05) is 18.2 Å². The third-order valence-electron chi connectivity index (χ3n) is 4.87. The number of ether oxygens (including phenoxy) is 1. The molecule has 142 valence electrons. The minimum Gasteiger partial charge on any atom is -0.475 e. The van der Waals surface area contributed by atoms with Crippen LogP contribution in [0, 0.1) is 0 Å². The molecular formula is C24H24NO2P. The van der Waals surface area contributed by atoms with Crippen LogP contribution in [0.4, 0.5) is 0 Å². The Morgan fingerprint density at radius 3 is 1.93 bits per heavy atom. The van der Waals surface area contributed by atoms with Crippen molar-refractivity contribution in [3.63, 3.8) is 0 Å². The third kappa shape index (κ3) is 3.87. The summed E-state index contributed by atoms with van der Waals surface area (Å²) in [5.74, 6) is 0.627. The molecule has 1 heterocycles. The zero-order chi connectivity index (χ0) is 19.6. The van der Waals surface area contributed by atoms with Gasteiger partial charge in [-0.15, -0.1) is 0 Å². The zero-order valence-corrected chi connectivity index (χ0v) is 17.0. The quantitative estimate of drug-likeness (QED) is 0.680. The second kappa shape index (κ2) is 7.87. The first-order valence-corrected chi connectivity index (χ1v) is 10.8. The molecule has 1 N–H and O–H groups in total.